The predicted molar refractivity (Wildman–Crippen MR) is 102 cm³/mol. The van der Waals surface area contributed by atoms with Gasteiger partial charge in [0.1, 0.15) is 11.4 Å². The van der Waals surface area contributed by atoms with Gasteiger partial charge in [-0.25, -0.2) is 4.98 Å². The number of pyridine rings is 1. The number of aromatic nitrogens is 2. The van der Waals surface area contributed by atoms with Crippen molar-refractivity contribution in [2.45, 2.75) is 20.4 Å². The summed E-state index contributed by atoms with van der Waals surface area (Å²) in [5.74, 6) is 1.08. The average Bonchev–Trinajstić information content (AvgIpc) is 2.65. The fourth-order valence-corrected chi connectivity index (χ4v) is 2.56. The molecule has 2 heterocycles. The highest BCUT2D eigenvalue weighted by atomic mass is 16.6. The molecule has 1 aromatic carbocycles. The molecule has 0 fully saturated rings. The van der Waals surface area contributed by atoms with E-state index in [1.807, 2.05) is 24.3 Å². The van der Waals surface area contributed by atoms with Gasteiger partial charge in [-0.2, -0.15) is 0 Å². The maximum atomic E-state index is 12.4. The molecule has 0 atom stereocenters. The van der Waals surface area contributed by atoms with Gasteiger partial charge in [-0.15, -0.1) is 0 Å². The Balaban J connectivity index is 1.87. The van der Waals surface area contributed by atoms with Gasteiger partial charge in [0.15, 0.2) is 0 Å². The van der Waals surface area contributed by atoms with Crippen LogP contribution in [0.15, 0.2) is 53.5 Å². The van der Waals surface area contributed by atoms with Crippen LogP contribution in [0.4, 0.5) is 11.5 Å². The summed E-state index contributed by atoms with van der Waals surface area (Å²) in [6.07, 6.45) is 1.46. The van der Waals surface area contributed by atoms with Crippen molar-refractivity contribution in [3.8, 4) is 5.75 Å². The second-order valence-corrected chi connectivity index (χ2v) is 6.51. The predicted octanol–water partition coefficient (Wildman–Crippen LogP) is 3.25. The highest BCUT2D eigenvalue weighted by molar-refractivity contribution is 5.60. The molecule has 0 saturated heterocycles. The first-order valence-corrected chi connectivity index (χ1v) is 8.57. The Kier molecular flexibility index (Phi) is 5.35. The van der Waals surface area contributed by atoms with Gasteiger partial charge >= 0.3 is 11.2 Å². The molecular formula is C19H20N4O4. The second kappa shape index (κ2) is 7.86. The molecule has 0 radical (unpaired) electrons. The Labute approximate surface area is 155 Å². The van der Waals surface area contributed by atoms with Crippen molar-refractivity contribution in [2.75, 3.05) is 11.9 Å². The summed E-state index contributed by atoms with van der Waals surface area (Å²) < 4.78 is 6.85. The van der Waals surface area contributed by atoms with E-state index in [0.717, 1.165) is 15.7 Å². The van der Waals surface area contributed by atoms with Gasteiger partial charge in [0.25, 0.3) is 0 Å². The molecule has 0 amide bonds. The minimum Gasteiger partial charge on any atom is -0.493 e. The fraction of sp³-hybridized carbons (Fsp3) is 0.263. The van der Waals surface area contributed by atoms with Crippen LogP contribution >= 0.6 is 0 Å². The number of benzene rings is 1. The number of anilines is 1. The molecule has 0 aliphatic rings. The second-order valence-electron chi connectivity index (χ2n) is 6.51. The summed E-state index contributed by atoms with van der Waals surface area (Å²) >= 11 is 0. The monoisotopic (exact) mass is 368 g/mol. The lowest BCUT2D eigenvalue weighted by Crippen LogP contribution is -2.21. The van der Waals surface area contributed by atoms with Crippen LogP contribution in [0.3, 0.4) is 0 Å². The van der Waals surface area contributed by atoms with Crippen LogP contribution in [0.2, 0.25) is 0 Å². The molecular weight excluding hydrogens is 348 g/mol. The van der Waals surface area contributed by atoms with Crippen molar-refractivity contribution in [2.24, 2.45) is 5.92 Å². The molecule has 2 aromatic heterocycles. The van der Waals surface area contributed by atoms with Crippen molar-refractivity contribution in [1.29, 1.82) is 0 Å². The summed E-state index contributed by atoms with van der Waals surface area (Å²) in [7, 11) is 0. The van der Waals surface area contributed by atoms with Crippen LogP contribution in [0, 0.1) is 16.0 Å². The Bertz CT molecular complexity index is 1030. The van der Waals surface area contributed by atoms with Crippen LogP contribution in [0.25, 0.3) is 5.65 Å². The van der Waals surface area contributed by atoms with E-state index in [1.54, 1.807) is 18.2 Å². The zero-order chi connectivity index (χ0) is 19.4. The van der Waals surface area contributed by atoms with Gasteiger partial charge in [-0.1, -0.05) is 32.0 Å². The molecule has 0 bridgehead atoms. The Morgan fingerprint density at radius 3 is 2.81 bits per heavy atom. The molecule has 0 spiro atoms. The van der Waals surface area contributed by atoms with Crippen molar-refractivity contribution in [3.05, 3.63) is 74.7 Å². The third kappa shape index (κ3) is 4.22. The number of hydrogen-bond donors (Lipinski definition) is 1. The summed E-state index contributed by atoms with van der Waals surface area (Å²) in [5, 5.41) is 14.3. The molecule has 0 unspecified atom stereocenters. The Morgan fingerprint density at radius 1 is 1.26 bits per heavy atom. The topological polar surface area (TPSA) is 98.8 Å². The van der Waals surface area contributed by atoms with Crippen molar-refractivity contribution >= 4 is 17.2 Å². The normalized spacial score (nSPS) is 10.9. The van der Waals surface area contributed by atoms with Crippen LogP contribution in [-0.4, -0.2) is 20.9 Å². The largest absolute Gasteiger partial charge is 0.493 e. The number of nitrogens with one attached hydrogen (secondary N) is 1. The molecule has 0 aliphatic carbocycles. The quantitative estimate of drug-likeness (QED) is 0.508. The van der Waals surface area contributed by atoms with Crippen molar-refractivity contribution in [1.82, 2.24) is 9.38 Å². The molecule has 8 heteroatoms. The van der Waals surface area contributed by atoms with Crippen molar-refractivity contribution in [3.63, 3.8) is 0 Å². The van der Waals surface area contributed by atoms with E-state index in [9.17, 15) is 14.9 Å². The third-order valence-corrected chi connectivity index (χ3v) is 3.83. The van der Waals surface area contributed by atoms with E-state index in [4.69, 9.17) is 4.74 Å². The van der Waals surface area contributed by atoms with Gasteiger partial charge < -0.3 is 10.1 Å². The van der Waals surface area contributed by atoms with E-state index >= 15 is 0 Å². The number of fused-ring (bicyclic) bond motifs is 1. The molecule has 0 saturated carbocycles. The van der Waals surface area contributed by atoms with Crippen LogP contribution in [0.5, 0.6) is 5.75 Å². The summed E-state index contributed by atoms with van der Waals surface area (Å²) in [4.78, 5) is 27.3. The van der Waals surface area contributed by atoms with Crippen LogP contribution < -0.4 is 15.6 Å². The fourth-order valence-electron chi connectivity index (χ4n) is 2.56. The zero-order valence-electron chi connectivity index (χ0n) is 15.1. The Morgan fingerprint density at radius 2 is 2.07 bits per heavy atom. The average molecular weight is 368 g/mol. The first-order valence-electron chi connectivity index (χ1n) is 8.57. The number of nitrogens with zero attached hydrogens (tertiary/aromatic N) is 3. The summed E-state index contributed by atoms with van der Waals surface area (Å²) in [6, 6.07) is 12.4. The van der Waals surface area contributed by atoms with E-state index in [2.05, 4.69) is 24.1 Å². The summed E-state index contributed by atoms with van der Waals surface area (Å²) in [5.41, 5.74) is -0.0988. The van der Waals surface area contributed by atoms with Gasteiger partial charge in [0.05, 0.1) is 11.5 Å². The van der Waals surface area contributed by atoms with Gasteiger partial charge in [0, 0.05) is 12.7 Å². The van der Waals surface area contributed by atoms with E-state index in [-0.39, 0.29) is 12.4 Å². The van der Waals surface area contributed by atoms with Gasteiger partial charge in [-0.3, -0.25) is 19.3 Å². The highest BCUT2D eigenvalue weighted by Crippen LogP contribution is 2.20. The minimum atomic E-state index is -0.720. The van der Waals surface area contributed by atoms with E-state index in [0.29, 0.717) is 18.2 Å². The minimum absolute atomic E-state index is 0.0512. The molecule has 8 nitrogen and oxygen atoms in total. The number of rotatable bonds is 7. The molecule has 3 aromatic rings. The van der Waals surface area contributed by atoms with Crippen LogP contribution in [-0.2, 0) is 6.54 Å². The first-order chi connectivity index (χ1) is 13.0. The molecule has 27 heavy (non-hydrogen) atoms. The van der Waals surface area contributed by atoms with Gasteiger partial charge in [-0.05, 0) is 35.7 Å². The molecule has 0 aliphatic heterocycles. The first kappa shape index (κ1) is 18.4. The van der Waals surface area contributed by atoms with E-state index in [1.165, 1.54) is 6.20 Å². The smallest absolute Gasteiger partial charge is 0.376 e. The molecule has 3 rings (SSSR count). The lowest BCUT2D eigenvalue weighted by molar-refractivity contribution is -0.385. The van der Waals surface area contributed by atoms with Crippen molar-refractivity contribution < 1.29 is 9.66 Å². The standard InChI is InChI=1S/C19H20N4O4/c1-13(2)12-27-15-7-5-6-14(10-15)11-20-18-17(23(25)26)19(24)22-9-4-3-8-16(22)21-18/h3-10,13,20H,11-12H2,1-2H3. The Hall–Kier alpha value is -3.42. The molecule has 140 valence electrons. The number of hydrogen-bond acceptors (Lipinski definition) is 6. The molecule has 1 N–H and O–H groups in total. The maximum Gasteiger partial charge on any atom is 0.376 e. The zero-order valence-corrected chi connectivity index (χ0v) is 15.1. The lowest BCUT2D eigenvalue weighted by atomic mass is 10.2. The summed E-state index contributed by atoms with van der Waals surface area (Å²) in [6.45, 7) is 5.00. The van der Waals surface area contributed by atoms with Crippen LogP contribution in [0.1, 0.15) is 19.4 Å². The SMILES string of the molecule is CC(C)COc1cccc(CNc2nc3ccccn3c(=O)c2[N+](=O)[O-])c1. The highest BCUT2D eigenvalue weighted by Gasteiger charge is 2.23. The number of ether oxygens (including phenoxy) is 1. The number of nitro groups is 1. The lowest BCUT2D eigenvalue weighted by Gasteiger charge is -2.11. The van der Waals surface area contributed by atoms with E-state index < -0.39 is 16.2 Å². The third-order valence-electron chi connectivity index (χ3n) is 3.83. The van der Waals surface area contributed by atoms with Gasteiger partial charge in [0.2, 0.25) is 5.82 Å². The maximum absolute atomic E-state index is 12.4.